The third-order valence-corrected chi connectivity index (χ3v) is 4.93. The molecule has 1 aromatic rings. The molecule has 2 saturated heterocycles. The second kappa shape index (κ2) is 7.41. The summed E-state index contributed by atoms with van der Waals surface area (Å²) in [6, 6.07) is 7.03. The van der Waals surface area contributed by atoms with Crippen LogP contribution in [0, 0.1) is 11.7 Å². The fourth-order valence-electron chi connectivity index (χ4n) is 3.70. The van der Waals surface area contributed by atoms with E-state index in [1.54, 1.807) is 12.1 Å². The van der Waals surface area contributed by atoms with E-state index >= 15 is 0 Å². The average Bonchev–Trinajstić information content (AvgIpc) is 2.55. The largest absolute Gasteiger partial charge is 0.337 e. The van der Waals surface area contributed by atoms with Gasteiger partial charge >= 0.3 is 0 Å². The summed E-state index contributed by atoms with van der Waals surface area (Å²) in [7, 11) is 0. The molecule has 2 aliphatic heterocycles. The Balaban J connectivity index is 1.60. The monoisotopic (exact) mass is 319 g/mol. The van der Waals surface area contributed by atoms with Crippen molar-refractivity contribution in [2.24, 2.45) is 5.92 Å². The van der Waals surface area contributed by atoms with Crippen molar-refractivity contribution in [3.8, 4) is 0 Å². The highest BCUT2D eigenvalue weighted by Crippen LogP contribution is 2.22. The average molecular weight is 319 g/mol. The number of piperazine rings is 1. The zero-order chi connectivity index (χ0) is 16.2. The molecule has 0 unspecified atom stereocenters. The quantitative estimate of drug-likeness (QED) is 0.924. The van der Waals surface area contributed by atoms with Crippen molar-refractivity contribution in [2.45, 2.75) is 32.4 Å². The van der Waals surface area contributed by atoms with Crippen molar-refractivity contribution in [1.29, 1.82) is 0 Å². The van der Waals surface area contributed by atoms with Crippen LogP contribution < -0.4 is 5.32 Å². The Labute approximate surface area is 137 Å². The summed E-state index contributed by atoms with van der Waals surface area (Å²) in [5.74, 6) is 0.183. The fourth-order valence-corrected chi connectivity index (χ4v) is 3.70. The molecule has 0 aliphatic carbocycles. The van der Waals surface area contributed by atoms with Crippen molar-refractivity contribution in [2.75, 3.05) is 32.7 Å². The summed E-state index contributed by atoms with van der Waals surface area (Å²) in [5, 5.41) is 3.33. The Hall–Kier alpha value is -1.46. The molecule has 0 spiro atoms. The minimum atomic E-state index is -0.193. The number of carbonyl (C=O) groups excluding carboxylic acids is 1. The molecule has 0 bridgehead atoms. The summed E-state index contributed by atoms with van der Waals surface area (Å²) in [6.07, 6.45) is 2.00. The van der Waals surface area contributed by atoms with E-state index in [-0.39, 0.29) is 17.8 Å². The highest BCUT2D eigenvalue weighted by atomic mass is 19.1. The summed E-state index contributed by atoms with van der Waals surface area (Å²) < 4.78 is 13.3. The standard InChI is InChI=1S/C18H26FN3O/c1-14-11-20-7-9-22(14)18(23)16-5-3-8-21(13-16)12-15-4-2-6-17(19)10-15/h2,4,6,10,14,16,20H,3,5,7-9,11-13H2,1H3/t14-,16+/m0/s1. The second-order valence-electron chi connectivity index (χ2n) is 6.79. The minimum absolute atomic E-state index is 0.0814. The lowest BCUT2D eigenvalue weighted by Crippen LogP contribution is -2.55. The first-order valence-electron chi connectivity index (χ1n) is 8.61. The number of likely N-dealkylation sites (tertiary alicyclic amines) is 1. The van der Waals surface area contributed by atoms with Crippen LogP contribution in [0.5, 0.6) is 0 Å². The smallest absolute Gasteiger partial charge is 0.227 e. The number of hydrogen-bond acceptors (Lipinski definition) is 3. The van der Waals surface area contributed by atoms with Crippen molar-refractivity contribution in [1.82, 2.24) is 15.1 Å². The van der Waals surface area contributed by atoms with E-state index in [2.05, 4.69) is 17.1 Å². The number of halogens is 1. The molecular formula is C18H26FN3O. The maximum atomic E-state index is 13.3. The van der Waals surface area contributed by atoms with Gasteiger partial charge in [-0.15, -0.1) is 0 Å². The Morgan fingerprint density at radius 2 is 2.26 bits per heavy atom. The minimum Gasteiger partial charge on any atom is -0.337 e. The molecule has 2 aliphatic rings. The fraction of sp³-hybridized carbons (Fsp3) is 0.611. The van der Waals surface area contributed by atoms with Gasteiger partial charge in [-0.3, -0.25) is 9.69 Å². The number of nitrogens with zero attached hydrogens (tertiary/aromatic N) is 2. The highest BCUT2D eigenvalue weighted by molar-refractivity contribution is 5.79. The molecule has 0 saturated carbocycles. The molecule has 2 heterocycles. The number of rotatable bonds is 3. The second-order valence-corrected chi connectivity index (χ2v) is 6.79. The molecule has 1 amide bonds. The van der Waals surface area contributed by atoms with Gasteiger partial charge in [-0.1, -0.05) is 12.1 Å². The maximum absolute atomic E-state index is 13.3. The summed E-state index contributed by atoms with van der Waals surface area (Å²) in [4.78, 5) is 17.1. The van der Waals surface area contributed by atoms with E-state index in [9.17, 15) is 9.18 Å². The molecule has 0 radical (unpaired) electrons. The maximum Gasteiger partial charge on any atom is 0.227 e. The van der Waals surface area contributed by atoms with Gasteiger partial charge in [-0.25, -0.2) is 4.39 Å². The van der Waals surface area contributed by atoms with Gasteiger partial charge in [0.15, 0.2) is 0 Å². The Bertz CT molecular complexity index is 551. The predicted octanol–water partition coefficient (Wildman–Crippen LogP) is 1.86. The van der Waals surface area contributed by atoms with Gasteiger partial charge in [0.25, 0.3) is 0 Å². The first kappa shape index (κ1) is 16.4. The lowest BCUT2D eigenvalue weighted by atomic mass is 9.95. The third-order valence-electron chi connectivity index (χ3n) is 4.93. The van der Waals surface area contributed by atoms with E-state index in [0.29, 0.717) is 5.91 Å². The molecule has 126 valence electrons. The van der Waals surface area contributed by atoms with E-state index in [0.717, 1.165) is 57.7 Å². The van der Waals surface area contributed by atoms with Crippen LogP contribution in [0.15, 0.2) is 24.3 Å². The topological polar surface area (TPSA) is 35.6 Å². The van der Waals surface area contributed by atoms with E-state index in [1.165, 1.54) is 6.07 Å². The van der Waals surface area contributed by atoms with Crippen LogP contribution in [-0.4, -0.2) is 54.5 Å². The van der Waals surface area contributed by atoms with Gasteiger partial charge in [0.2, 0.25) is 5.91 Å². The van der Waals surface area contributed by atoms with E-state index in [4.69, 9.17) is 0 Å². The molecule has 0 aromatic heterocycles. The van der Waals surface area contributed by atoms with Crippen LogP contribution in [0.3, 0.4) is 0 Å². The molecule has 5 heteroatoms. The van der Waals surface area contributed by atoms with Gasteiger partial charge in [-0.05, 0) is 44.0 Å². The summed E-state index contributed by atoms with van der Waals surface area (Å²) in [6.45, 7) is 7.17. The molecule has 23 heavy (non-hydrogen) atoms. The third kappa shape index (κ3) is 4.09. The summed E-state index contributed by atoms with van der Waals surface area (Å²) >= 11 is 0. The van der Waals surface area contributed by atoms with Gasteiger partial charge in [0.05, 0.1) is 5.92 Å². The van der Waals surface area contributed by atoms with Gasteiger partial charge in [0.1, 0.15) is 5.82 Å². The lowest BCUT2D eigenvalue weighted by molar-refractivity contribution is -0.140. The molecule has 1 N–H and O–H groups in total. The summed E-state index contributed by atoms with van der Waals surface area (Å²) in [5.41, 5.74) is 0.980. The number of carbonyl (C=O) groups is 1. The van der Waals surface area contributed by atoms with Crippen LogP contribution in [-0.2, 0) is 11.3 Å². The van der Waals surface area contributed by atoms with Crippen LogP contribution in [0.4, 0.5) is 4.39 Å². The first-order valence-corrected chi connectivity index (χ1v) is 8.61. The molecule has 3 rings (SSSR count). The van der Waals surface area contributed by atoms with Gasteiger partial charge in [-0.2, -0.15) is 0 Å². The number of benzene rings is 1. The SMILES string of the molecule is C[C@H]1CNCCN1C(=O)[C@@H]1CCCN(Cc2cccc(F)c2)C1. The van der Waals surface area contributed by atoms with Crippen LogP contribution in [0.25, 0.3) is 0 Å². The normalized spacial score (nSPS) is 26.3. The van der Waals surface area contributed by atoms with Crippen LogP contribution >= 0.6 is 0 Å². The molecule has 1 aromatic carbocycles. The Morgan fingerprint density at radius 1 is 1.39 bits per heavy atom. The van der Waals surface area contributed by atoms with Crippen molar-refractivity contribution in [3.63, 3.8) is 0 Å². The van der Waals surface area contributed by atoms with Crippen molar-refractivity contribution >= 4 is 5.91 Å². The van der Waals surface area contributed by atoms with Crippen LogP contribution in [0.2, 0.25) is 0 Å². The Kier molecular flexibility index (Phi) is 5.28. The molecule has 2 fully saturated rings. The van der Waals surface area contributed by atoms with Gasteiger partial charge < -0.3 is 10.2 Å². The van der Waals surface area contributed by atoms with Crippen molar-refractivity contribution in [3.05, 3.63) is 35.6 Å². The molecule has 2 atom stereocenters. The number of nitrogens with one attached hydrogen (secondary N) is 1. The zero-order valence-corrected chi connectivity index (χ0v) is 13.8. The van der Waals surface area contributed by atoms with E-state index < -0.39 is 0 Å². The number of piperidine rings is 1. The molecule has 4 nitrogen and oxygen atoms in total. The van der Waals surface area contributed by atoms with Crippen molar-refractivity contribution < 1.29 is 9.18 Å². The predicted molar refractivity (Wildman–Crippen MR) is 88.4 cm³/mol. The number of hydrogen-bond donors (Lipinski definition) is 1. The van der Waals surface area contributed by atoms with Crippen LogP contribution in [0.1, 0.15) is 25.3 Å². The highest BCUT2D eigenvalue weighted by Gasteiger charge is 2.32. The lowest BCUT2D eigenvalue weighted by Gasteiger charge is -2.39. The molecular weight excluding hydrogens is 293 g/mol. The number of amides is 1. The zero-order valence-electron chi connectivity index (χ0n) is 13.8. The first-order chi connectivity index (χ1) is 11.1. The Morgan fingerprint density at radius 3 is 3.04 bits per heavy atom. The van der Waals surface area contributed by atoms with E-state index in [1.807, 2.05) is 11.0 Å². The van der Waals surface area contributed by atoms with Gasteiger partial charge in [0, 0.05) is 38.8 Å².